The molecule has 0 aromatic heterocycles. The lowest BCUT2D eigenvalue weighted by Gasteiger charge is -2.38. The van der Waals surface area contributed by atoms with Crippen molar-refractivity contribution in [3.63, 3.8) is 0 Å². The third-order valence-corrected chi connectivity index (χ3v) is 3.52. The van der Waals surface area contributed by atoms with E-state index in [9.17, 15) is 4.79 Å². The normalized spacial score (nSPS) is 23.9. The fraction of sp³-hybridized carbons (Fsp3) is 0.533. The molecule has 0 saturated carbocycles. The van der Waals surface area contributed by atoms with Gasteiger partial charge < -0.3 is 15.4 Å². The van der Waals surface area contributed by atoms with Gasteiger partial charge in [-0.1, -0.05) is 37.3 Å². The standard InChI is InChI=1S/C15H22N2O2.ClH/c1-11(8-16)15(18)17-9-12(2)19-14(10-17)13-6-4-3-5-7-13;/h3-7,11-12,14H,8-10,16H2,1-2H3;1H. The summed E-state index contributed by atoms with van der Waals surface area (Å²) in [5.41, 5.74) is 6.70. The predicted octanol–water partition coefficient (Wildman–Crippen LogP) is 1.99. The van der Waals surface area contributed by atoms with Gasteiger partial charge >= 0.3 is 0 Å². The second kappa shape index (κ2) is 7.62. The molecule has 0 bridgehead atoms. The average Bonchev–Trinajstić information content (AvgIpc) is 2.46. The number of benzene rings is 1. The highest BCUT2D eigenvalue weighted by molar-refractivity contribution is 5.85. The number of carbonyl (C=O) groups is 1. The zero-order valence-electron chi connectivity index (χ0n) is 12.0. The van der Waals surface area contributed by atoms with E-state index in [4.69, 9.17) is 10.5 Å². The molecular formula is C15H23ClN2O2. The number of hydrogen-bond acceptors (Lipinski definition) is 3. The Morgan fingerprint density at radius 2 is 2.05 bits per heavy atom. The topological polar surface area (TPSA) is 55.6 Å². The Morgan fingerprint density at radius 3 is 2.65 bits per heavy atom. The summed E-state index contributed by atoms with van der Waals surface area (Å²) in [6, 6.07) is 10.0. The molecule has 20 heavy (non-hydrogen) atoms. The summed E-state index contributed by atoms with van der Waals surface area (Å²) in [6.45, 7) is 5.52. The third kappa shape index (κ3) is 3.95. The van der Waals surface area contributed by atoms with Gasteiger partial charge in [0.1, 0.15) is 6.10 Å². The molecule has 1 saturated heterocycles. The molecule has 112 valence electrons. The van der Waals surface area contributed by atoms with Crippen LogP contribution in [0.2, 0.25) is 0 Å². The monoisotopic (exact) mass is 298 g/mol. The molecule has 2 rings (SSSR count). The number of rotatable bonds is 3. The molecule has 3 unspecified atom stereocenters. The van der Waals surface area contributed by atoms with Gasteiger partial charge in [-0.3, -0.25) is 4.79 Å². The van der Waals surface area contributed by atoms with Crippen molar-refractivity contribution >= 4 is 18.3 Å². The van der Waals surface area contributed by atoms with Crippen LogP contribution in [0.1, 0.15) is 25.5 Å². The molecule has 0 spiro atoms. The number of amides is 1. The van der Waals surface area contributed by atoms with E-state index in [0.717, 1.165) is 5.56 Å². The molecule has 4 nitrogen and oxygen atoms in total. The van der Waals surface area contributed by atoms with Crippen molar-refractivity contribution in [2.24, 2.45) is 11.7 Å². The molecule has 2 N–H and O–H groups in total. The van der Waals surface area contributed by atoms with E-state index < -0.39 is 0 Å². The van der Waals surface area contributed by atoms with Crippen LogP contribution in [0.15, 0.2) is 30.3 Å². The maximum absolute atomic E-state index is 12.2. The van der Waals surface area contributed by atoms with Gasteiger partial charge in [0.2, 0.25) is 5.91 Å². The maximum Gasteiger partial charge on any atom is 0.226 e. The van der Waals surface area contributed by atoms with Crippen LogP contribution in [-0.4, -0.2) is 36.5 Å². The zero-order valence-corrected chi connectivity index (χ0v) is 12.8. The van der Waals surface area contributed by atoms with Crippen molar-refractivity contribution in [2.45, 2.75) is 26.1 Å². The molecule has 3 atom stereocenters. The molecule has 0 radical (unpaired) electrons. The van der Waals surface area contributed by atoms with E-state index in [0.29, 0.717) is 19.6 Å². The van der Waals surface area contributed by atoms with Crippen molar-refractivity contribution in [2.75, 3.05) is 19.6 Å². The number of hydrogen-bond donors (Lipinski definition) is 1. The summed E-state index contributed by atoms with van der Waals surface area (Å²) < 4.78 is 5.94. The summed E-state index contributed by atoms with van der Waals surface area (Å²) in [6.07, 6.45) is 0.00625. The first-order valence-corrected chi connectivity index (χ1v) is 6.81. The Labute approximate surface area is 126 Å². The van der Waals surface area contributed by atoms with Crippen LogP contribution in [0.4, 0.5) is 0 Å². The second-order valence-electron chi connectivity index (χ2n) is 5.23. The lowest BCUT2D eigenvalue weighted by molar-refractivity contribution is -0.148. The summed E-state index contributed by atoms with van der Waals surface area (Å²) >= 11 is 0. The third-order valence-electron chi connectivity index (χ3n) is 3.52. The van der Waals surface area contributed by atoms with E-state index in [-0.39, 0.29) is 36.4 Å². The summed E-state index contributed by atoms with van der Waals surface area (Å²) in [7, 11) is 0. The summed E-state index contributed by atoms with van der Waals surface area (Å²) in [5.74, 6) is 0.000282. The Kier molecular flexibility index (Phi) is 6.46. The van der Waals surface area contributed by atoms with Crippen LogP contribution in [0.3, 0.4) is 0 Å². The number of halogens is 1. The zero-order chi connectivity index (χ0) is 13.8. The van der Waals surface area contributed by atoms with Crippen molar-refractivity contribution in [3.8, 4) is 0 Å². The molecule has 5 heteroatoms. The number of nitrogens with zero attached hydrogens (tertiary/aromatic N) is 1. The first-order chi connectivity index (χ1) is 9.11. The fourth-order valence-corrected chi connectivity index (χ4v) is 2.40. The average molecular weight is 299 g/mol. The quantitative estimate of drug-likeness (QED) is 0.928. The van der Waals surface area contributed by atoms with Gasteiger partial charge in [-0.05, 0) is 12.5 Å². The van der Waals surface area contributed by atoms with Gasteiger partial charge in [-0.2, -0.15) is 0 Å². The Balaban J connectivity index is 0.00000200. The van der Waals surface area contributed by atoms with Crippen LogP contribution in [-0.2, 0) is 9.53 Å². The van der Waals surface area contributed by atoms with Crippen LogP contribution >= 0.6 is 12.4 Å². The minimum absolute atomic E-state index is 0. The van der Waals surface area contributed by atoms with Gasteiger partial charge in [-0.15, -0.1) is 12.4 Å². The Morgan fingerprint density at radius 1 is 1.40 bits per heavy atom. The van der Waals surface area contributed by atoms with Gasteiger partial charge in [0.15, 0.2) is 0 Å². The number of morpholine rings is 1. The molecule has 1 aromatic rings. The SMILES string of the molecule is CC1CN(C(=O)C(C)CN)CC(c2ccccc2)O1.Cl. The largest absolute Gasteiger partial charge is 0.367 e. The van der Waals surface area contributed by atoms with Crippen LogP contribution < -0.4 is 5.73 Å². The minimum Gasteiger partial charge on any atom is -0.367 e. The molecular weight excluding hydrogens is 276 g/mol. The Bertz CT molecular complexity index is 427. The highest BCUT2D eigenvalue weighted by atomic mass is 35.5. The molecule has 1 aliphatic rings. The second-order valence-corrected chi connectivity index (χ2v) is 5.23. The first kappa shape index (κ1) is 17.0. The van der Waals surface area contributed by atoms with Crippen LogP contribution in [0.5, 0.6) is 0 Å². The van der Waals surface area contributed by atoms with Gasteiger partial charge in [0.25, 0.3) is 0 Å². The van der Waals surface area contributed by atoms with Crippen LogP contribution in [0, 0.1) is 5.92 Å². The van der Waals surface area contributed by atoms with E-state index in [1.54, 1.807) is 0 Å². The number of nitrogens with two attached hydrogens (primary N) is 1. The summed E-state index contributed by atoms with van der Waals surface area (Å²) in [4.78, 5) is 14.1. The lowest BCUT2D eigenvalue weighted by atomic mass is 10.0. The van der Waals surface area contributed by atoms with Crippen molar-refractivity contribution in [1.29, 1.82) is 0 Å². The highest BCUT2D eigenvalue weighted by Crippen LogP contribution is 2.25. The summed E-state index contributed by atoms with van der Waals surface area (Å²) in [5, 5.41) is 0. The minimum atomic E-state index is -0.123. The van der Waals surface area contributed by atoms with E-state index in [1.807, 2.05) is 49.1 Å². The Hall–Kier alpha value is -1.10. The van der Waals surface area contributed by atoms with Gasteiger partial charge in [0, 0.05) is 19.0 Å². The van der Waals surface area contributed by atoms with Crippen molar-refractivity contribution < 1.29 is 9.53 Å². The first-order valence-electron chi connectivity index (χ1n) is 6.81. The van der Waals surface area contributed by atoms with E-state index in [2.05, 4.69) is 0 Å². The molecule has 1 heterocycles. The van der Waals surface area contributed by atoms with Crippen molar-refractivity contribution in [1.82, 2.24) is 4.90 Å². The van der Waals surface area contributed by atoms with Crippen molar-refractivity contribution in [3.05, 3.63) is 35.9 Å². The predicted molar refractivity (Wildman–Crippen MR) is 81.8 cm³/mol. The maximum atomic E-state index is 12.2. The van der Waals surface area contributed by atoms with E-state index in [1.165, 1.54) is 0 Å². The lowest BCUT2D eigenvalue weighted by Crippen LogP contribution is -2.48. The molecule has 1 fully saturated rings. The number of carbonyl (C=O) groups excluding carboxylic acids is 1. The number of ether oxygens (including phenoxy) is 1. The molecule has 1 aromatic carbocycles. The highest BCUT2D eigenvalue weighted by Gasteiger charge is 2.30. The van der Waals surface area contributed by atoms with Crippen LogP contribution in [0.25, 0.3) is 0 Å². The molecule has 1 aliphatic heterocycles. The fourth-order valence-electron chi connectivity index (χ4n) is 2.40. The molecule has 0 aliphatic carbocycles. The smallest absolute Gasteiger partial charge is 0.226 e. The van der Waals surface area contributed by atoms with Gasteiger partial charge in [-0.25, -0.2) is 0 Å². The molecule has 1 amide bonds. The van der Waals surface area contributed by atoms with Gasteiger partial charge in [0.05, 0.1) is 12.6 Å². The van der Waals surface area contributed by atoms with E-state index >= 15 is 0 Å².